The van der Waals surface area contributed by atoms with Gasteiger partial charge in [-0.1, -0.05) is 18.2 Å². The summed E-state index contributed by atoms with van der Waals surface area (Å²) in [6, 6.07) is 3.56. The molecule has 0 fully saturated rings. The summed E-state index contributed by atoms with van der Waals surface area (Å²) in [7, 11) is 0. The molecule has 126 valence electrons. The Hall–Kier alpha value is -1.41. The van der Waals surface area contributed by atoms with Gasteiger partial charge >= 0.3 is 0 Å². The third-order valence-corrected chi connectivity index (χ3v) is 4.54. The van der Waals surface area contributed by atoms with Crippen molar-refractivity contribution in [2.24, 2.45) is 0 Å². The number of nitrogens with zero attached hydrogens (tertiary/aromatic N) is 3. The van der Waals surface area contributed by atoms with Crippen LogP contribution in [0.1, 0.15) is 42.4 Å². The molecule has 0 radical (unpaired) electrons. The summed E-state index contributed by atoms with van der Waals surface area (Å²) in [5.41, 5.74) is 0. The highest BCUT2D eigenvalue weighted by Gasteiger charge is 2.14. The van der Waals surface area contributed by atoms with E-state index in [-0.39, 0.29) is 5.75 Å². The number of aromatic nitrogens is 3. The average Bonchev–Trinajstić information content (AvgIpc) is 3.06. The van der Waals surface area contributed by atoms with E-state index in [9.17, 15) is 8.78 Å². The van der Waals surface area contributed by atoms with Gasteiger partial charge in [-0.25, -0.2) is 0 Å². The van der Waals surface area contributed by atoms with Gasteiger partial charge < -0.3 is 14.3 Å². The lowest BCUT2D eigenvalue weighted by Crippen LogP contribution is -2.17. The van der Waals surface area contributed by atoms with E-state index in [0.29, 0.717) is 30.6 Å². The van der Waals surface area contributed by atoms with Gasteiger partial charge in [-0.3, -0.25) is 0 Å². The molecule has 5 nitrogen and oxygen atoms in total. The third-order valence-electron chi connectivity index (χ3n) is 3.84. The molecule has 0 aromatic carbocycles. The molecule has 0 spiro atoms. The standard InChI is InChI=1S/C15H20F2N4OS/c16-15(17)23-10-12-6-5-11(22-12)8-18-9-14-20-19-13-4-2-1-3-7-21(13)14/h5-6,15,18H,1-4,7-10H2. The van der Waals surface area contributed by atoms with Crippen LogP contribution >= 0.6 is 11.8 Å². The van der Waals surface area contributed by atoms with E-state index in [1.807, 2.05) is 6.07 Å². The van der Waals surface area contributed by atoms with Crippen molar-refractivity contribution in [3.05, 3.63) is 35.3 Å². The molecule has 0 amide bonds. The molecule has 1 aliphatic heterocycles. The minimum Gasteiger partial charge on any atom is -0.464 e. The smallest absolute Gasteiger partial charge is 0.284 e. The molecule has 0 unspecified atom stereocenters. The Morgan fingerprint density at radius 2 is 2.04 bits per heavy atom. The lowest BCUT2D eigenvalue weighted by atomic mass is 10.2. The number of nitrogens with one attached hydrogen (secondary N) is 1. The van der Waals surface area contributed by atoms with Gasteiger partial charge in [-0.2, -0.15) is 8.78 Å². The minimum atomic E-state index is -2.37. The van der Waals surface area contributed by atoms with Crippen LogP contribution < -0.4 is 5.32 Å². The molecule has 1 aliphatic rings. The Kier molecular flexibility index (Phi) is 5.66. The van der Waals surface area contributed by atoms with Crippen LogP contribution in [-0.4, -0.2) is 20.5 Å². The first-order valence-corrected chi connectivity index (χ1v) is 8.86. The first-order chi connectivity index (χ1) is 11.2. The van der Waals surface area contributed by atoms with E-state index in [0.717, 1.165) is 30.4 Å². The number of thioether (sulfide) groups is 1. The van der Waals surface area contributed by atoms with Gasteiger partial charge in [0.05, 0.1) is 18.8 Å². The van der Waals surface area contributed by atoms with E-state index in [1.54, 1.807) is 6.07 Å². The van der Waals surface area contributed by atoms with Crippen LogP contribution in [0.3, 0.4) is 0 Å². The lowest BCUT2D eigenvalue weighted by molar-refractivity contribution is 0.251. The zero-order chi connectivity index (χ0) is 16.1. The molecule has 0 saturated carbocycles. The molecule has 1 N–H and O–H groups in total. The van der Waals surface area contributed by atoms with Crippen LogP contribution in [0.2, 0.25) is 0 Å². The van der Waals surface area contributed by atoms with Crippen molar-refractivity contribution in [1.82, 2.24) is 20.1 Å². The fourth-order valence-corrected chi connectivity index (χ4v) is 3.16. The second-order valence-electron chi connectivity index (χ2n) is 5.54. The van der Waals surface area contributed by atoms with Gasteiger partial charge in [0.1, 0.15) is 23.2 Å². The van der Waals surface area contributed by atoms with Crippen molar-refractivity contribution < 1.29 is 13.2 Å². The number of hydrogen-bond donors (Lipinski definition) is 1. The zero-order valence-corrected chi connectivity index (χ0v) is 13.6. The van der Waals surface area contributed by atoms with Gasteiger partial charge in [0, 0.05) is 13.0 Å². The number of alkyl halides is 2. The number of furan rings is 1. The Morgan fingerprint density at radius 1 is 1.17 bits per heavy atom. The summed E-state index contributed by atoms with van der Waals surface area (Å²) in [5, 5.41) is 11.8. The van der Waals surface area contributed by atoms with Crippen molar-refractivity contribution in [2.75, 3.05) is 0 Å². The molecule has 3 heterocycles. The fraction of sp³-hybridized carbons (Fsp3) is 0.600. The van der Waals surface area contributed by atoms with Crippen molar-refractivity contribution in [3.63, 3.8) is 0 Å². The highest BCUT2D eigenvalue weighted by Crippen LogP contribution is 2.21. The molecule has 0 bridgehead atoms. The summed E-state index contributed by atoms with van der Waals surface area (Å²) in [5.74, 6) is 1.15. The average molecular weight is 342 g/mol. The second kappa shape index (κ2) is 7.92. The van der Waals surface area contributed by atoms with Crippen molar-refractivity contribution >= 4 is 11.8 Å². The maximum Gasteiger partial charge on any atom is 0.284 e. The van der Waals surface area contributed by atoms with E-state index in [1.165, 1.54) is 19.3 Å². The molecular formula is C15H20F2N4OS. The normalized spacial score (nSPS) is 14.9. The van der Waals surface area contributed by atoms with Crippen LogP contribution in [0, 0.1) is 0 Å². The van der Waals surface area contributed by atoms with Crippen molar-refractivity contribution in [2.45, 2.75) is 56.8 Å². The summed E-state index contributed by atoms with van der Waals surface area (Å²) in [6.45, 7) is 2.14. The van der Waals surface area contributed by atoms with E-state index in [4.69, 9.17) is 4.42 Å². The Labute approximate surface area is 137 Å². The highest BCUT2D eigenvalue weighted by molar-refractivity contribution is 7.98. The van der Waals surface area contributed by atoms with Gasteiger partial charge in [-0.05, 0) is 25.0 Å². The first kappa shape index (κ1) is 16.4. The van der Waals surface area contributed by atoms with Crippen LogP contribution in [0.15, 0.2) is 16.5 Å². The number of hydrogen-bond acceptors (Lipinski definition) is 5. The Bertz CT molecular complexity index is 629. The Morgan fingerprint density at radius 3 is 2.91 bits per heavy atom. The number of rotatable bonds is 7. The van der Waals surface area contributed by atoms with Crippen molar-refractivity contribution in [3.8, 4) is 0 Å². The largest absolute Gasteiger partial charge is 0.464 e. The number of fused-ring (bicyclic) bond motifs is 1. The molecule has 0 atom stereocenters. The predicted molar refractivity (Wildman–Crippen MR) is 84.1 cm³/mol. The maximum atomic E-state index is 12.1. The maximum absolute atomic E-state index is 12.1. The summed E-state index contributed by atoms with van der Waals surface area (Å²) >= 11 is 0.568. The molecule has 2 aromatic heterocycles. The van der Waals surface area contributed by atoms with E-state index in [2.05, 4.69) is 20.1 Å². The third kappa shape index (κ3) is 4.54. The molecule has 8 heteroatoms. The first-order valence-electron chi connectivity index (χ1n) is 7.81. The number of aryl methyl sites for hydroxylation is 1. The number of halogens is 2. The SMILES string of the molecule is FC(F)SCc1ccc(CNCc2nnc3n2CCCCC3)o1. The highest BCUT2D eigenvalue weighted by atomic mass is 32.2. The van der Waals surface area contributed by atoms with Crippen LogP contribution in [-0.2, 0) is 31.8 Å². The topological polar surface area (TPSA) is 55.9 Å². The van der Waals surface area contributed by atoms with Gasteiger partial charge in [0.25, 0.3) is 5.76 Å². The minimum absolute atomic E-state index is 0.190. The van der Waals surface area contributed by atoms with Crippen LogP contribution in [0.5, 0.6) is 0 Å². The van der Waals surface area contributed by atoms with E-state index < -0.39 is 5.76 Å². The van der Waals surface area contributed by atoms with Crippen LogP contribution in [0.25, 0.3) is 0 Å². The van der Waals surface area contributed by atoms with Gasteiger partial charge in [-0.15, -0.1) is 10.2 Å². The van der Waals surface area contributed by atoms with Crippen molar-refractivity contribution in [1.29, 1.82) is 0 Å². The monoisotopic (exact) mass is 342 g/mol. The summed E-state index contributed by atoms with van der Waals surface area (Å²) < 4.78 is 32.0. The molecule has 0 aliphatic carbocycles. The summed E-state index contributed by atoms with van der Waals surface area (Å²) in [6.07, 6.45) is 4.58. The lowest BCUT2D eigenvalue weighted by Gasteiger charge is -2.07. The van der Waals surface area contributed by atoms with Gasteiger partial charge in [0.15, 0.2) is 0 Å². The predicted octanol–water partition coefficient (Wildman–Crippen LogP) is 3.34. The van der Waals surface area contributed by atoms with Crippen LogP contribution in [0.4, 0.5) is 8.78 Å². The molecule has 0 saturated heterocycles. The Balaban J connectivity index is 1.49. The molecule has 2 aromatic rings. The molecular weight excluding hydrogens is 322 g/mol. The molecule has 3 rings (SSSR count). The second-order valence-corrected chi connectivity index (χ2v) is 6.52. The fourth-order valence-electron chi connectivity index (χ4n) is 2.71. The molecule has 23 heavy (non-hydrogen) atoms. The summed E-state index contributed by atoms with van der Waals surface area (Å²) in [4.78, 5) is 0. The van der Waals surface area contributed by atoms with E-state index >= 15 is 0 Å². The zero-order valence-electron chi connectivity index (χ0n) is 12.8. The quantitative estimate of drug-likeness (QED) is 0.836. The van der Waals surface area contributed by atoms with Gasteiger partial charge in [0.2, 0.25) is 0 Å².